The van der Waals surface area contributed by atoms with Crippen LogP contribution in [0.1, 0.15) is 17.6 Å². The highest BCUT2D eigenvalue weighted by Gasteiger charge is 2.18. The number of carbonyl (C=O) groups is 1. The van der Waals surface area contributed by atoms with Crippen molar-refractivity contribution in [2.24, 2.45) is 0 Å². The monoisotopic (exact) mass is 406 g/mol. The second-order valence-electron chi connectivity index (χ2n) is 6.72. The molecule has 2 heterocycles. The van der Waals surface area contributed by atoms with Crippen molar-refractivity contribution in [2.45, 2.75) is 20.8 Å². The van der Waals surface area contributed by atoms with E-state index in [-0.39, 0.29) is 11.7 Å². The molecule has 0 unspecified atom stereocenters. The highest BCUT2D eigenvalue weighted by Crippen LogP contribution is 2.41. The fourth-order valence-electron chi connectivity index (χ4n) is 3.25. The molecule has 2 aromatic heterocycles. The summed E-state index contributed by atoms with van der Waals surface area (Å²) in [6.45, 7) is 5.37. The van der Waals surface area contributed by atoms with Crippen LogP contribution in [0.4, 0.5) is 21.6 Å². The zero-order chi connectivity index (χ0) is 20.5. The molecule has 29 heavy (non-hydrogen) atoms. The van der Waals surface area contributed by atoms with Crippen molar-refractivity contribution in [1.82, 2.24) is 9.97 Å². The third-order valence-electron chi connectivity index (χ3n) is 4.44. The highest BCUT2D eigenvalue weighted by molar-refractivity contribution is 7.19. The second-order valence-corrected chi connectivity index (χ2v) is 7.93. The van der Waals surface area contributed by atoms with E-state index >= 15 is 0 Å². The Morgan fingerprint density at radius 3 is 2.28 bits per heavy atom. The topological polar surface area (TPSA) is 66.9 Å². The number of hydrogen-bond acceptors (Lipinski definition) is 5. The lowest BCUT2D eigenvalue weighted by atomic mass is 10.0. The Balaban J connectivity index is 1.79. The molecule has 0 aliphatic heterocycles. The first-order valence-electron chi connectivity index (χ1n) is 9.09. The number of thiophene rings is 1. The lowest BCUT2D eigenvalue weighted by Gasteiger charge is -2.11. The van der Waals surface area contributed by atoms with Crippen molar-refractivity contribution in [3.8, 4) is 11.1 Å². The predicted octanol–water partition coefficient (Wildman–Crippen LogP) is 5.82. The molecule has 2 N–H and O–H groups in total. The first-order chi connectivity index (χ1) is 13.9. The Morgan fingerprint density at radius 2 is 1.62 bits per heavy atom. The number of amides is 1. The maximum absolute atomic E-state index is 13.4. The summed E-state index contributed by atoms with van der Waals surface area (Å²) >= 11 is 1.59. The van der Waals surface area contributed by atoms with E-state index in [0.29, 0.717) is 11.6 Å². The smallest absolute Gasteiger partial charge is 0.221 e. The van der Waals surface area contributed by atoms with Crippen molar-refractivity contribution in [1.29, 1.82) is 0 Å². The number of aryl methyl sites for hydroxylation is 2. The van der Waals surface area contributed by atoms with E-state index < -0.39 is 0 Å². The Labute approximate surface area is 171 Å². The summed E-state index contributed by atoms with van der Waals surface area (Å²) in [5.41, 5.74) is 3.49. The number of fused-ring (bicyclic) bond motifs is 1. The minimum absolute atomic E-state index is 0.114. The van der Waals surface area contributed by atoms with E-state index in [1.165, 1.54) is 19.1 Å². The van der Waals surface area contributed by atoms with Crippen LogP contribution in [0.15, 0.2) is 48.5 Å². The van der Waals surface area contributed by atoms with Crippen LogP contribution in [-0.2, 0) is 4.79 Å². The van der Waals surface area contributed by atoms with Gasteiger partial charge in [0.05, 0.1) is 5.39 Å². The number of nitrogens with one attached hydrogen (secondary N) is 2. The van der Waals surface area contributed by atoms with Gasteiger partial charge in [0.15, 0.2) is 0 Å². The molecule has 0 spiro atoms. The molecule has 2 aromatic carbocycles. The number of halogens is 1. The summed E-state index contributed by atoms with van der Waals surface area (Å²) in [4.78, 5) is 22.4. The van der Waals surface area contributed by atoms with Gasteiger partial charge in [0.2, 0.25) is 5.91 Å². The largest absolute Gasteiger partial charge is 0.340 e. The fourth-order valence-corrected chi connectivity index (χ4v) is 4.34. The molecule has 146 valence electrons. The van der Waals surface area contributed by atoms with Crippen molar-refractivity contribution in [2.75, 3.05) is 10.6 Å². The molecule has 0 radical (unpaired) electrons. The van der Waals surface area contributed by atoms with E-state index in [1.54, 1.807) is 23.5 Å². The average molecular weight is 406 g/mol. The molecular formula is C22H19FN4OS. The summed E-state index contributed by atoms with van der Waals surface area (Å²) < 4.78 is 13.4. The maximum atomic E-state index is 13.4. The molecule has 0 aliphatic carbocycles. The van der Waals surface area contributed by atoms with Gasteiger partial charge < -0.3 is 10.6 Å². The zero-order valence-electron chi connectivity index (χ0n) is 16.2. The molecule has 4 aromatic rings. The van der Waals surface area contributed by atoms with E-state index in [2.05, 4.69) is 20.6 Å². The van der Waals surface area contributed by atoms with Crippen molar-refractivity contribution >= 4 is 44.7 Å². The highest BCUT2D eigenvalue weighted by atomic mass is 32.1. The second kappa shape index (κ2) is 7.60. The Morgan fingerprint density at radius 1 is 0.966 bits per heavy atom. The molecule has 5 nitrogen and oxygen atoms in total. The summed E-state index contributed by atoms with van der Waals surface area (Å²) in [7, 11) is 0. The van der Waals surface area contributed by atoms with Crippen LogP contribution in [0.3, 0.4) is 0 Å². The van der Waals surface area contributed by atoms with Gasteiger partial charge in [-0.25, -0.2) is 14.4 Å². The van der Waals surface area contributed by atoms with Gasteiger partial charge in [-0.15, -0.1) is 11.3 Å². The Hall–Kier alpha value is -3.32. The minimum Gasteiger partial charge on any atom is -0.340 e. The van der Waals surface area contributed by atoms with Gasteiger partial charge in [-0.05, 0) is 55.8 Å². The number of benzene rings is 2. The molecule has 0 saturated carbocycles. The predicted molar refractivity (Wildman–Crippen MR) is 116 cm³/mol. The van der Waals surface area contributed by atoms with Crippen molar-refractivity contribution in [3.05, 3.63) is 65.0 Å². The molecule has 0 atom stereocenters. The summed E-state index contributed by atoms with van der Waals surface area (Å²) in [5.74, 6) is 0.984. The number of aromatic nitrogens is 2. The summed E-state index contributed by atoms with van der Waals surface area (Å²) in [6, 6.07) is 13.9. The molecule has 7 heteroatoms. The maximum Gasteiger partial charge on any atom is 0.221 e. The summed E-state index contributed by atoms with van der Waals surface area (Å²) in [6.07, 6.45) is 0. The summed E-state index contributed by atoms with van der Waals surface area (Å²) in [5, 5.41) is 7.04. The number of anilines is 3. The van der Waals surface area contributed by atoms with E-state index in [9.17, 15) is 9.18 Å². The van der Waals surface area contributed by atoms with Crippen molar-refractivity contribution in [3.63, 3.8) is 0 Å². The zero-order valence-corrected chi connectivity index (χ0v) is 17.0. The Kier molecular flexibility index (Phi) is 4.98. The van der Waals surface area contributed by atoms with Gasteiger partial charge in [0.25, 0.3) is 0 Å². The van der Waals surface area contributed by atoms with Crippen molar-refractivity contribution < 1.29 is 9.18 Å². The standard InChI is InChI=1S/C22H19FN4OS/c1-12-19(15-4-6-16(23)7-5-15)20-21(24-13(2)25-22(20)29-12)27-18-10-8-17(9-11-18)26-14(3)28/h4-11H,1-3H3,(H,26,28)(H,24,25,27). The van der Waals surface area contributed by atoms with Gasteiger partial charge in [-0.3, -0.25) is 4.79 Å². The first-order valence-corrected chi connectivity index (χ1v) is 9.91. The molecule has 0 bridgehead atoms. The molecule has 0 saturated heterocycles. The molecule has 4 rings (SSSR count). The quantitative estimate of drug-likeness (QED) is 0.448. The third-order valence-corrected chi connectivity index (χ3v) is 5.44. The van der Waals surface area contributed by atoms with Crippen LogP contribution in [0.5, 0.6) is 0 Å². The van der Waals surface area contributed by atoms with Gasteiger partial charge in [0, 0.05) is 28.7 Å². The lowest BCUT2D eigenvalue weighted by Crippen LogP contribution is -2.05. The molecule has 1 amide bonds. The molecule has 0 fully saturated rings. The van der Waals surface area contributed by atoms with Gasteiger partial charge in [-0.2, -0.15) is 0 Å². The van der Waals surface area contributed by atoms with Crippen LogP contribution < -0.4 is 10.6 Å². The van der Waals surface area contributed by atoms with Gasteiger partial charge >= 0.3 is 0 Å². The SMILES string of the molecule is CC(=O)Nc1ccc(Nc2nc(C)nc3sc(C)c(-c4ccc(F)cc4)c23)cc1. The lowest BCUT2D eigenvalue weighted by molar-refractivity contribution is -0.114. The van der Waals surface area contributed by atoms with E-state index in [1.807, 2.05) is 38.1 Å². The molecular weight excluding hydrogens is 387 g/mol. The van der Waals surface area contributed by atoms with Crippen LogP contribution in [0, 0.1) is 19.7 Å². The normalized spacial score (nSPS) is 10.9. The number of rotatable bonds is 4. The Bertz CT molecular complexity index is 1200. The molecule has 0 aliphatic rings. The fraction of sp³-hybridized carbons (Fsp3) is 0.136. The minimum atomic E-state index is -0.268. The van der Waals surface area contributed by atoms with Gasteiger partial charge in [0.1, 0.15) is 22.3 Å². The van der Waals surface area contributed by atoms with E-state index in [0.717, 1.165) is 37.6 Å². The van der Waals surface area contributed by atoms with Crippen LogP contribution in [0.25, 0.3) is 21.3 Å². The third kappa shape index (κ3) is 3.95. The first kappa shape index (κ1) is 19.0. The van der Waals surface area contributed by atoms with Crippen LogP contribution in [-0.4, -0.2) is 15.9 Å². The number of hydrogen-bond donors (Lipinski definition) is 2. The number of carbonyl (C=O) groups excluding carboxylic acids is 1. The number of nitrogens with zero attached hydrogens (tertiary/aromatic N) is 2. The van der Waals surface area contributed by atoms with Crippen LogP contribution >= 0.6 is 11.3 Å². The van der Waals surface area contributed by atoms with E-state index in [4.69, 9.17) is 0 Å². The average Bonchev–Trinajstić information content (AvgIpc) is 2.99. The van der Waals surface area contributed by atoms with Gasteiger partial charge in [-0.1, -0.05) is 12.1 Å². The van der Waals surface area contributed by atoms with Crippen LogP contribution in [0.2, 0.25) is 0 Å².